The molecule has 0 saturated heterocycles. The van der Waals surface area contributed by atoms with Crippen LogP contribution in [0.1, 0.15) is 94.1 Å². The summed E-state index contributed by atoms with van der Waals surface area (Å²) >= 11 is 0. The van der Waals surface area contributed by atoms with Crippen molar-refractivity contribution >= 4 is 18.0 Å². The molecule has 3 N–H and O–H groups in total. The summed E-state index contributed by atoms with van der Waals surface area (Å²) in [6, 6.07) is 16.7. The van der Waals surface area contributed by atoms with E-state index in [0.717, 1.165) is 64.2 Å². The fourth-order valence-electron chi connectivity index (χ4n) is 12.6. The van der Waals surface area contributed by atoms with Crippen molar-refractivity contribution in [1.82, 2.24) is 10.6 Å². The van der Waals surface area contributed by atoms with Gasteiger partial charge in [-0.05, 0) is 123 Å². The van der Waals surface area contributed by atoms with Crippen molar-refractivity contribution in [3.63, 3.8) is 0 Å². The number of hydrogen-bond donors (Lipinski definition) is 3. The number of nitrogens with one attached hydrogen (secondary N) is 2. The molecule has 8 atom stereocenters. The largest absolute Gasteiger partial charge is 0.481 e. The number of carboxylic acids is 1. The predicted molar refractivity (Wildman–Crippen MR) is 164 cm³/mol. The first-order valence-electron chi connectivity index (χ1n) is 16.9. The first-order valence-corrected chi connectivity index (χ1v) is 16.9. The number of alkyl carbamates (subject to hydrolysis) is 1. The van der Waals surface area contributed by atoms with Crippen LogP contribution in [0, 0.1) is 34.5 Å². The van der Waals surface area contributed by atoms with E-state index in [-0.39, 0.29) is 24.5 Å². The monoisotopic (exact) mass is 594 g/mol. The van der Waals surface area contributed by atoms with Crippen LogP contribution < -0.4 is 10.6 Å². The minimum Gasteiger partial charge on any atom is -0.481 e. The second-order valence-corrected chi connectivity index (χ2v) is 16.3. The van der Waals surface area contributed by atoms with E-state index < -0.39 is 27.9 Å². The van der Waals surface area contributed by atoms with Crippen molar-refractivity contribution in [3.8, 4) is 11.1 Å². The Morgan fingerprint density at radius 3 is 1.70 bits per heavy atom. The van der Waals surface area contributed by atoms with Gasteiger partial charge in [0.1, 0.15) is 6.61 Å². The number of aliphatic carboxylic acids is 1. The molecular weight excluding hydrogens is 552 g/mol. The molecule has 0 aromatic heterocycles. The summed E-state index contributed by atoms with van der Waals surface area (Å²) in [6.07, 6.45) is 9.97. The van der Waals surface area contributed by atoms with Crippen LogP contribution in [-0.4, -0.2) is 40.8 Å². The zero-order chi connectivity index (χ0) is 29.9. The second kappa shape index (κ2) is 9.11. The van der Waals surface area contributed by atoms with E-state index in [0.29, 0.717) is 36.5 Å². The Kier molecular flexibility index (Phi) is 5.59. The van der Waals surface area contributed by atoms with Crippen LogP contribution >= 0.6 is 0 Å². The van der Waals surface area contributed by atoms with Gasteiger partial charge in [0.25, 0.3) is 0 Å². The number of ether oxygens (including phenoxy) is 1. The topological polar surface area (TPSA) is 105 Å². The Morgan fingerprint density at radius 1 is 0.682 bits per heavy atom. The minimum atomic E-state index is -0.675. The lowest BCUT2D eigenvalue weighted by Gasteiger charge is -2.63. The van der Waals surface area contributed by atoms with Gasteiger partial charge in [-0.25, -0.2) is 4.79 Å². The number of benzene rings is 2. The highest BCUT2D eigenvalue weighted by molar-refractivity contribution is 5.85. The number of carbonyl (C=O) groups excluding carboxylic acids is 2. The highest BCUT2D eigenvalue weighted by Gasteiger charge is 2.65. The van der Waals surface area contributed by atoms with Crippen LogP contribution in [0.2, 0.25) is 0 Å². The van der Waals surface area contributed by atoms with E-state index in [2.05, 4.69) is 47.0 Å². The van der Waals surface area contributed by atoms with E-state index in [9.17, 15) is 19.5 Å². The molecule has 2 aromatic carbocycles. The van der Waals surface area contributed by atoms with Gasteiger partial charge in [0.2, 0.25) is 5.91 Å². The molecular formula is C37H42N2O5. The maximum Gasteiger partial charge on any atom is 0.407 e. The third-order valence-corrected chi connectivity index (χ3v) is 13.1. The molecule has 8 fully saturated rings. The number of amides is 2. The zero-order valence-electron chi connectivity index (χ0n) is 25.3. The third kappa shape index (κ3) is 3.96. The van der Waals surface area contributed by atoms with Crippen molar-refractivity contribution in [2.45, 2.75) is 94.0 Å². The van der Waals surface area contributed by atoms with Crippen molar-refractivity contribution in [3.05, 3.63) is 59.7 Å². The summed E-state index contributed by atoms with van der Waals surface area (Å²) in [4.78, 5) is 40.3. The Bertz CT molecular complexity index is 1510. The lowest BCUT2D eigenvalue weighted by atomic mass is 9.45. The Labute approximate surface area is 258 Å². The van der Waals surface area contributed by atoms with Crippen molar-refractivity contribution < 1.29 is 24.2 Å². The second-order valence-electron chi connectivity index (χ2n) is 16.3. The zero-order valence-corrected chi connectivity index (χ0v) is 25.3. The average molecular weight is 595 g/mol. The minimum absolute atomic E-state index is 0.0102. The van der Waals surface area contributed by atoms with E-state index in [1.165, 1.54) is 22.3 Å². The fraction of sp³-hybridized carbons (Fsp3) is 0.595. The van der Waals surface area contributed by atoms with E-state index in [1.54, 1.807) is 0 Å². The molecule has 0 aliphatic heterocycles. The van der Waals surface area contributed by atoms with Gasteiger partial charge in [-0.1, -0.05) is 48.5 Å². The average Bonchev–Trinajstić information content (AvgIpc) is 3.28. The maximum atomic E-state index is 14.4. The van der Waals surface area contributed by atoms with Crippen LogP contribution in [0.25, 0.3) is 11.1 Å². The highest BCUT2D eigenvalue weighted by Crippen LogP contribution is 2.64. The summed E-state index contributed by atoms with van der Waals surface area (Å²) < 4.78 is 5.99. The molecule has 7 nitrogen and oxygen atoms in total. The SMILES string of the molecule is O=C(NC12C[C@H]3C[C@@H](C1)CC(C(=O)NC14C[C@H]5C[C@@H](C1)CC(C(=O)O)(C5)C4)(C3)C2)OCC1c2ccccc2-c2ccccc21. The number of rotatable bonds is 6. The summed E-state index contributed by atoms with van der Waals surface area (Å²) in [6.45, 7) is 0.282. The lowest BCUT2D eigenvalue weighted by Crippen LogP contribution is -2.70. The maximum absolute atomic E-state index is 14.4. The lowest BCUT2D eigenvalue weighted by molar-refractivity contribution is -0.173. The molecule has 11 rings (SSSR count). The molecule has 0 radical (unpaired) electrons. The quantitative estimate of drug-likeness (QED) is 0.359. The number of carbonyl (C=O) groups is 3. The molecule has 2 amide bonds. The smallest absolute Gasteiger partial charge is 0.407 e. The van der Waals surface area contributed by atoms with Crippen molar-refractivity contribution in [2.75, 3.05) is 6.61 Å². The molecule has 9 aliphatic rings. The molecule has 8 saturated carbocycles. The molecule has 0 heterocycles. The van der Waals surface area contributed by atoms with Crippen molar-refractivity contribution in [2.24, 2.45) is 34.5 Å². The predicted octanol–water partition coefficient (Wildman–Crippen LogP) is 6.40. The molecule has 9 aliphatic carbocycles. The molecule has 0 spiro atoms. The van der Waals surface area contributed by atoms with Gasteiger partial charge in [0, 0.05) is 17.0 Å². The van der Waals surface area contributed by atoms with Crippen LogP contribution in [0.4, 0.5) is 4.79 Å². The first kappa shape index (κ1) is 27.0. The van der Waals surface area contributed by atoms with Gasteiger partial charge in [0.15, 0.2) is 0 Å². The molecule has 7 heteroatoms. The normalized spacial score (nSPS) is 40.4. The molecule has 44 heavy (non-hydrogen) atoms. The van der Waals surface area contributed by atoms with Gasteiger partial charge in [0.05, 0.1) is 10.8 Å². The Hall–Kier alpha value is -3.35. The number of carboxylic acid groups (broad SMARTS) is 1. The molecule has 230 valence electrons. The van der Waals surface area contributed by atoms with Crippen LogP contribution in [0.15, 0.2) is 48.5 Å². The van der Waals surface area contributed by atoms with Crippen LogP contribution in [0.3, 0.4) is 0 Å². The third-order valence-electron chi connectivity index (χ3n) is 13.1. The summed E-state index contributed by atoms with van der Waals surface area (Å²) in [5.41, 5.74) is 2.82. The standard InChI is InChI=1S/C37H42N2O5/c40-31(38-36-15-24-10-25(16-36)14-35(13-24,21-36)32(41)42)34-11-22-9-23(12-34)18-37(17-22,20-34)39-33(43)44-19-30-28-7-3-1-5-26(28)27-6-2-4-8-29(27)30/h1-8,22-25,30H,9-21H2,(H,38,40)(H,39,43)(H,41,42)/t22-,23+,24-,25+,34?,35?,36?,37?. The van der Waals surface area contributed by atoms with Gasteiger partial charge < -0.3 is 20.5 Å². The van der Waals surface area contributed by atoms with Gasteiger partial charge >= 0.3 is 12.1 Å². The van der Waals surface area contributed by atoms with Crippen molar-refractivity contribution in [1.29, 1.82) is 0 Å². The van der Waals surface area contributed by atoms with E-state index in [4.69, 9.17) is 4.74 Å². The summed E-state index contributed by atoms with van der Waals surface area (Å²) in [7, 11) is 0. The fourth-order valence-corrected chi connectivity index (χ4v) is 12.6. The summed E-state index contributed by atoms with van der Waals surface area (Å²) in [5, 5.41) is 17.1. The highest BCUT2D eigenvalue weighted by atomic mass is 16.5. The van der Waals surface area contributed by atoms with E-state index in [1.807, 2.05) is 12.1 Å². The summed E-state index contributed by atoms with van der Waals surface area (Å²) in [5.74, 6) is 1.07. The first-order chi connectivity index (χ1) is 21.2. The number of hydrogen-bond acceptors (Lipinski definition) is 4. The van der Waals surface area contributed by atoms with Gasteiger partial charge in [-0.3, -0.25) is 9.59 Å². The van der Waals surface area contributed by atoms with E-state index >= 15 is 0 Å². The van der Waals surface area contributed by atoms with Crippen LogP contribution in [-0.2, 0) is 14.3 Å². The van der Waals surface area contributed by atoms with Gasteiger partial charge in [-0.15, -0.1) is 0 Å². The molecule has 4 unspecified atom stereocenters. The molecule has 8 bridgehead atoms. The Morgan fingerprint density at radius 2 is 1.16 bits per heavy atom. The Balaban J connectivity index is 0.918. The number of fused-ring (bicyclic) bond motifs is 3. The van der Waals surface area contributed by atoms with Gasteiger partial charge in [-0.2, -0.15) is 0 Å². The van der Waals surface area contributed by atoms with Crippen LogP contribution in [0.5, 0.6) is 0 Å². The molecule has 2 aromatic rings.